The average molecular weight is 283 g/mol. The third kappa shape index (κ3) is 2.71. The minimum Gasteiger partial charge on any atom is -0.334 e. The van der Waals surface area contributed by atoms with E-state index in [1.54, 1.807) is 17.9 Å². The number of nitro benzene ring substituents is 1. The highest BCUT2D eigenvalue weighted by molar-refractivity contribution is 6.18. The summed E-state index contributed by atoms with van der Waals surface area (Å²) in [6.07, 6.45) is 1.82. The molecule has 0 radical (unpaired) electrons. The second-order valence-electron chi connectivity index (χ2n) is 4.71. The topological polar surface area (TPSA) is 63.5 Å². The summed E-state index contributed by atoms with van der Waals surface area (Å²) in [6.45, 7) is 2.45. The van der Waals surface area contributed by atoms with Gasteiger partial charge in [-0.1, -0.05) is 6.07 Å². The Morgan fingerprint density at radius 2 is 2.32 bits per heavy atom. The lowest BCUT2D eigenvalue weighted by atomic mass is 10.1. The van der Waals surface area contributed by atoms with Gasteiger partial charge in [0.15, 0.2) is 0 Å². The second-order valence-corrected chi connectivity index (χ2v) is 5.01. The van der Waals surface area contributed by atoms with Crippen LogP contribution in [0, 0.1) is 17.0 Å². The molecule has 0 aliphatic carbocycles. The van der Waals surface area contributed by atoms with Gasteiger partial charge in [-0.15, -0.1) is 11.6 Å². The average Bonchev–Trinajstić information content (AvgIpc) is 2.86. The lowest BCUT2D eigenvalue weighted by Crippen LogP contribution is -2.36. The van der Waals surface area contributed by atoms with E-state index in [4.69, 9.17) is 11.6 Å². The number of benzene rings is 1. The van der Waals surface area contributed by atoms with Gasteiger partial charge in [0.1, 0.15) is 0 Å². The first kappa shape index (κ1) is 13.8. The molecule has 5 nitrogen and oxygen atoms in total. The van der Waals surface area contributed by atoms with Crippen LogP contribution in [0.1, 0.15) is 28.8 Å². The summed E-state index contributed by atoms with van der Waals surface area (Å²) in [6, 6.07) is 4.40. The normalized spacial score (nSPS) is 18.6. The Hall–Kier alpha value is -1.62. The van der Waals surface area contributed by atoms with Gasteiger partial charge in [-0.2, -0.15) is 0 Å². The Morgan fingerprint density at radius 3 is 2.95 bits per heavy atom. The highest BCUT2D eigenvalue weighted by Crippen LogP contribution is 2.24. The monoisotopic (exact) mass is 282 g/mol. The number of likely N-dealkylation sites (tertiary alicyclic amines) is 1. The van der Waals surface area contributed by atoms with Crippen molar-refractivity contribution in [1.29, 1.82) is 0 Å². The number of hydrogen-bond acceptors (Lipinski definition) is 3. The van der Waals surface area contributed by atoms with E-state index in [1.807, 2.05) is 0 Å². The van der Waals surface area contributed by atoms with Crippen LogP contribution in [-0.2, 0) is 0 Å². The van der Waals surface area contributed by atoms with E-state index in [0.717, 1.165) is 18.4 Å². The molecule has 102 valence electrons. The molecule has 1 fully saturated rings. The number of carbonyl (C=O) groups is 1. The second kappa shape index (κ2) is 5.57. The van der Waals surface area contributed by atoms with Gasteiger partial charge in [0.05, 0.1) is 4.92 Å². The summed E-state index contributed by atoms with van der Waals surface area (Å²) < 4.78 is 0. The molecule has 1 aromatic carbocycles. The van der Waals surface area contributed by atoms with Crippen molar-refractivity contribution in [3.05, 3.63) is 39.4 Å². The van der Waals surface area contributed by atoms with Crippen LogP contribution in [0.4, 0.5) is 5.69 Å². The van der Waals surface area contributed by atoms with Crippen LogP contribution in [0.3, 0.4) is 0 Å². The van der Waals surface area contributed by atoms with E-state index >= 15 is 0 Å². The molecule has 19 heavy (non-hydrogen) atoms. The van der Waals surface area contributed by atoms with Crippen LogP contribution < -0.4 is 0 Å². The first-order chi connectivity index (χ1) is 9.04. The summed E-state index contributed by atoms with van der Waals surface area (Å²) in [7, 11) is 0. The molecule has 1 amide bonds. The zero-order chi connectivity index (χ0) is 14.0. The van der Waals surface area contributed by atoms with Crippen LogP contribution in [0.5, 0.6) is 0 Å². The maximum atomic E-state index is 12.5. The zero-order valence-corrected chi connectivity index (χ0v) is 11.4. The standard InChI is InChI=1S/C13H15ClN2O3/c1-9-4-5-10(16(18)19)7-12(9)13(17)15-6-2-3-11(15)8-14/h4-5,7,11H,2-3,6,8H2,1H3. The van der Waals surface area contributed by atoms with Crippen LogP contribution in [0.2, 0.25) is 0 Å². The molecule has 6 heteroatoms. The first-order valence-electron chi connectivity index (χ1n) is 6.16. The van der Waals surface area contributed by atoms with E-state index in [-0.39, 0.29) is 17.6 Å². The number of amides is 1. The number of nitrogens with zero attached hydrogens (tertiary/aromatic N) is 2. The van der Waals surface area contributed by atoms with Crippen molar-refractivity contribution < 1.29 is 9.72 Å². The Kier molecular flexibility index (Phi) is 4.04. The number of halogens is 1. The van der Waals surface area contributed by atoms with Crippen molar-refractivity contribution in [2.24, 2.45) is 0 Å². The number of alkyl halides is 1. The molecule has 1 aromatic rings. The van der Waals surface area contributed by atoms with Gasteiger partial charge in [-0.3, -0.25) is 14.9 Å². The maximum absolute atomic E-state index is 12.5. The summed E-state index contributed by atoms with van der Waals surface area (Å²) in [5.41, 5.74) is 1.08. The smallest absolute Gasteiger partial charge is 0.270 e. The van der Waals surface area contributed by atoms with Crippen molar-refractivity contribution in [3.8, 4) is 0 Å². The number of carbonyl (C=O) groups excluding carboxylic acids is 1. The minimum atomic E-state index is -0.487. The summed E-state index contributed by atoms with van der Waals surface area (Å²) in [5, 5.41) is 10.8. The summed E-state index contributed by atoms with van der Waals surface area (Å²) in [5.74, 6) is 0.240. The fourth-order valence-electron chi connectivity index (χ4n) is 2.37. The quantitative estimate of drug-likeness (QED) is 0.486. The minimum absolute atomic E-state index is 0.0350. The van der Waals surface area contributed by atoms with E-state index in [9.17, 15) is 14.9 Å². The van der Waals surface area contributed by atoms with Crippen LogP contribution >= 0.6 is 11.6 Å². The Bertz CT molecular complexity index is 519. The number of rotatable bonds is 3. The van der Waals surface area contributed by atoms with Crippen molar-refractivity contribution in [2.75, 3.05) is 12.4 Å². The van der Waals surface area contributed by atoms with Gasteiger partial charge in [0.25, 0.3) is 11.6 Å². The Balaban J connectivity index is 2.32. The molecule has 0 bridgehead atoms. The van der Waals surface area contributed by atoms with E-state index in [1.165, 1.54) is 12.1 Å². The summed E-state index contributed by atoms with van der Waals surface area (Å²) >= 11 is 5.85. The molecule has 0 N–H and O–H groups in total. The molecule has 1 saturated heterocycles. The summed E-state index contributed by atoms with van der Waals surface area (Å²) in [4.78, 5) is 24.5. The third-order valence-electron chi connectivity index (χ3n) is 3.48. The van der Waals surface area contributed by atoms with Gasteiger partial charge < -0.3 is 4.90 Å². The van der Waals surface area contributed by atoms with Crippen molar-refractivity contribution in [2.45, 2.75) is 25.8 Å². The molecule has 0 spiro atoms. The highest BCUT2D eigenvalue weighted by Gasteiger charge is 2.30. The van der Waals surface area contributed by atoms with E-state index < -0.39 is 4.92 Å². The molecule has 1 heterocycles. The van der Waals surface area contributed by atoms with Crippen molar-refractivity contribution >= 4 is 23.2 Å². The Morgan fingerprint density at radius 1 is 1.58 bits per heavy atom. The van der Waals surface area contributed by atoms with E-state index in [0.29, 0.717) is 18.0 Å². The fraction of sp³-hybridized carbons (Fsp3) is 0.462. The zero-order valence-electron chi connectivity index (χ0n) is 10.6. The molecule has 1 aliphatic heterocycles. The number of aryl methyl sites for hydroxylation is 1. The van der Waals surface area contributed by atoms with Crippen LogP contribution in [0.15, 0.2) is 18.2 Å². The van der Waals surface area contributed by atoms with Crippen molar-refractivity contribution in [3.63, 3.8) is 0 Å². The van der Waals surface area contributed by atoms with Crippen LogP contribution in [0.25, 0.3) is 0 Å². The largest absolute Gasteiger partial charge is 0.334 e. The van der Waals surface area contributed by atoms with Gasteiger partial charge in [-0.05, 0) is 25.3 Å². The molecule has 1 aliphatic rings. The lowest BCUT2D eigenvalue weighted by Gasteiger charge is -2.23. The molecule has 1 atom stereocenters. The highest BCUT2D eigenvalue weighted by atomic mass is 35.5. The molecular formula is C13H15ClN2O3. The SMILES string of the molecule is Cc1ccc([N+](=O)[O-])cc1C(=O)N1CCCC1CCl. The van der Waals surface area contributed by atoms with Crippen LogP contribution in [-0.4, -0.2) is 34.2 Å². The predicted molar refractivity (Wildman–Crippen MR) is 72.6 cm³/mol. The van der Waals surface area contributed by atoms with Crippen molar-refractivity contribution in [1.82, 2.24) is 4.90 Å². The molecule has 2 rings (SSSR count). The molecule has 0 saturated carbocycles. The third-order valence-corrected chi connectivity index (χ3v) is 3.83. The van der Waals surface area contributed by atoms with Gasteiger partial charge in [0.2, 0.25) is 0 Å². The molecule has 0 aromatic heterocycles. The van der Waals surface area contributed by atoms with Gasteiger partial charge in [0, 0.05) is 36.2 Å². The number of nitro groups is 1. The van der Waals surface area contributed by atoms with Gasteiger partial charge >= 0.3 is 0 Å². The lowest BCUT2D eigenvalue weighted by molar-refractivity contribution is -0.384. The number of non-ortho nitro benzene ring substituents is 1. The van der Waals surface area contributed by atoms with Gasteiger partial charge in [-0.25, -0.2) is 0 Å². The predicted octanol–water partition coefficient (Wildman–Crippen LogP) is 2.75. The number of hydrogen-bond donors (Lipinski definition) is 0. The molecular weight excluding hydrogens is 268 g/mol. The van der Waals surface area contributed by atoms with E-state index in [2.05, 4.69) is 0 Å². The maximum Gasteiger partial charge on any atom is 0.270 e. The first-order valence-corrected chi connectivity index (χ1v) is 6.70. The molecule has 1 unspecified atom stereocenters. The Labute approximate surface area is 116 Å². The fourth-order valence-corrected chi connectivity index (χ4v) is 2.69.